The van der Waals surface area contributed by atoms with Crippen LogP contribution in [0.5, 0.6) is 0 Å². The van der Waals surface area contributed by atoms with Crippen LogP contribution in [0.3, 0.4) is 0 Å². The van der Waals surface area contributed by atoms with Gasteiger partial charge in [-0.3, -0.25) is 9.36 Å². The van der Waals surface area contributed by atoms with E-state index < -0.39 is 0 Å². The Bertz CT molecular complexity index is 1450. The summed E-state index contributed by atoms with van der Waals surface area (Å²) in [6.45, 7) is 0.593. The van der Waals surface area contributed by atoms with Crippen LogP contribution >= 0.6 is 23.1 Å². The molecule has 3 heterocycles. The number of amides is 1. The number of fused-ring (bicyclic) bond motifs is 1. The normalized spacial score (nSPS) is 10.9. The third-order valence-corrected chi connectivity index (χ3v) is 6.77. The lowest BCUT2D eigenvalue weighted by Crippen LogP contribution is -2.15. The summed E-state index contributed by atoms with van der Waals surface area (Å²) in [5.41, 5.74) is 2.06. The number of nitrogens with zero attached hydrogens (tertiary/aromatic N) is 4. The predicted molar refractivity (Wildman–Crippen MR) is 129 cm³/mol. The summed E-state index contributed by atoms with van der Waals surface area (Å²) >= 11 is 2.90. The van der Waals surface area contributed by atoms with E-state index in [-0.39, 0.29) is 17.4 Å². The van der Waals surface area contributed by atoms with Gasteiger partial charge in [-0.25, -0.2) is 0 Å². The number of nitriles is 1. The van der Waals surface area contributed by atoms with Crippen LogP contribution in [0.25, 0.3) is 21.7 Å². The molecule has 0 unspecified atom stereocenters. The van der Waals surface area contributed by atoms with Crippen molar-refractivity contribution in [1.82, 2.24) is 14.8 Å². The molecule has 3 aromatic heterocycles. The summed E-state index contributed by atoms with van der Waals surface area (Å²) in [5, 5.41) is 24.3. The molecule has 0 saturated heterocycles. The zero-order chi connectivity index (χ0) is 22.6. The Labute approximate surface area is 197 Å². The molecule has 0 radical (unpaired) electrons. The first-order chi connectivity index (χ1) is 16.2. The lowest BCUT2D eigenvalue weighted by Gasteiger charge is -2.10. The number of nitrogens with one attached hydrogen (secondary N) is 1. The van der Waals surface area contributed by atoms with Gasteiger partial charge in [-0.15, -0.1) is 21.5 Å². The minimum absolute atomic E-state index is 0.0850. The summed E-state index contributed by atoms with van der Waals surface area (Å²) < 4.78 is 7.56. The fraction of sp³-hybridized carbons (Fsp3) is 0.0833. The van der Waals surface area contributed by atoms with E-state index in [1.807, 2.05) is 76.7 Å². The van der Waals surface area contributed by atoms with Crippen LogP contribution in [0.15, 0.2) is 81.7 Å². The molecule has 1 N–H and O–H groups in total. The minimum Gasteiger partial charge on any atom is -0.443 e. The highest BCUT2D eigenvalue weighted by molar-refractivity contribution is 7.99. The average Bonchev–Trinajstić information content (AvgIpc) is 3.58. The summed E-state index contributed by atoms with van der Waals surface area (Å²) in [7, 11) is 0. The Morgan fingerprint density at radius 2 is 1.91 bits per heavy atom. The minimum atomic E-state index is -0.255. The van der Waals surface area contributed by atoms with E-state index in [1.165, 1.54) is 11.8 Å². The maximum atomic E-state index is 12.8. The fourth-order valence-corrected chi connectivity index (χ4v) is 4.90. The van der Waals surface area contributed by atoms with Gasteiger partial charge in [0.2, 0.25) is 11.7 Å². The van der Waals surface area contributed by atoms with Crippen molar-refractivity contribution in [1.29, 1.82) is 5.26 Å². The molecule has 1 amide bonds. The van der Waals surface area contributed by atoms with Gasteiger partial charge in [0.05, 0.1) is 17.2 Å². The first-order valence-corrected chi connectivity index (χ1v) is 11.9. The van der Waals surface area contributed by atoms with Gasteiger partial charge in [0.15, 0.2) is 11.0 Å². The molecular formula is C24H17N5O2S2. The SMILES string of the molecule is N#Cc1oc2ccccc2c1NC(=O)CSc1nnc(-c2cccs2)n1Cc1ccccc1. The van der Waals surface area contributed by atoms with Crippen LogP contribution in [0.4, 0.5) is 5.69 Å². The highest BCUT2D eigenvalue weighted by Gasteiger charge is 2.19. The van der Waals surface area contributed by atoms with E-state index in [0.29, 0.717) is 28.4 Å². The Morgan fingerprint density at radius 3 is 2.70 bits per heavy atom. The molecule has 0 aliphatic heterocycles. The number of thiophene rings is 1. The van der Waals surface area contributed by atoms with Crippen molar-refractivity contribution in [2.75, 3.05) is 11.1 Å². The lowest BCUT2D eigenvalue weighted by atomic mass is 10.2. The molecule has 5 aromatic rings. The number of anilines is 1. The molecular weight excluding hydrogens is 454 g/mol. The van der Waals surface area contributed by atoms with Crippen LogP contribution in [0, 0.1) is 11.3 Å². The van der Waals surface area contributed by atoms with Gasteiger partial charge >= 0.3 is 0 Å². The monoisotopic (exact) mass is 471 g/mol. The van der Waals surface area contributed by atoms with Gasteiger partial charge < -0.3 is 9.73 Å². The van der Waals surface area contributed by atoms with E-state index in [1.54, 1.807) is 17.4 Å². The van der Waals surface area contributed by atoms with Gasteiger partial charge in [0.1, 0.15) is 17.3 Å². The van der Waals surface area contributed by atoms with Crippen molar-refractivity contribution in [3.05, 3.63) is 83.4 Å². The topological polar surface area (TPSA) is 96.7 Å². The summed E-state index contributed by atoms with van der Waals surface area (Å²) in [6.07, 6.45) is 0. The molecule has 0 saturated carbocycles. The Kier molecular flexibility index (Phi) is 5.93. The van der Waals surface area contributed by atoms with Crippen LogP contribution in [0.1, 0.15) is 11.3 Å². The van der Waals surface area contributed by atoms with Crippen molar-refractivity contribution in [3.63, 3.8) is 0 Å². The van der Waals surface area contributed by atoms with Crippen molar-refractivity contribution < 1.29 is 9.21 Å². The molecule has 162 valence electrons. The molecule has 0 aliphatic carbocycles. The largest absolute Gasteiger partial charge is 0.443 e. The van der Waals surface area contributed by atoms with Crippen molar-refractivity contribution in [3.8, 4) is 16.8 Å². The molecule has 33 heavy (non-hydrogen) atoms. The van der Waals surface area contributed by atoms with Gasteiger partial charge in [-0.05, 0) is 29.1 Å². The smallest absolute Gasteiger partial charge is 0.234 e. The number of aromatic nitrogens is 3. The number of furan rings is 1. The Morgan fingerprint density at radius 1 is 1.09 bits per heavy atom. The van der Waals surface area contributed by atoms with Crippen LogP contribution in [-0.4, -0.2) is 26.4 Å². The van der Waals surface area contributed by atoms with E-state index in [2.05, 4.69) is 15.5 Å². The fourth-order valence-electron chi connectivity index (χ4n) is 3.45. The Balaban J connectivity index is 1.37. The molecule has 0 spiro atoms. The second-order valence-corrected chi connectivity index (χ2v) is 9.00. The summed E-state index contributed by atoms with van der Waals surface area (Å²) in [6, 6.07) is 23.3. The number of rotatable bonds is 7. The number of hydrogen-bond donors (Lipinski definition) is 1. The molecule has 2 aromatic carbocycles. The number of carbonyl (C=O) groups is 1. The van der Waals surface area contributed by atoms with Gasteiger partial charge in [0.25, 0.3) is 0 Å². The molecule has 0 bridgehead atoms. The number of thioether (sulfide) groups is 1. The molecule has 0 fully saturated rings. The van der Waals surface area contributed by atoms with E-state index >= 15 is 0 Å². The van der Waals surface area contributed by atoms with Crippen molar-refractivity contribution in [2.24, 2.45) is 0 Å². The molecule has 0 atom stereocenters. The number of hydrogen-bond acceptors (Lipinski definition) is 7. The number of para-hydroxylation sites is 1. The predicted octanol–water partition coefficient (Wildman–Crippen LogP) is 5.40. The zero-order valence-corrected chi connectivity index (χ0v) is 18.9. The standard InChI is InChI=1S/C24H17N5O2S2/c25-13-19-22(17-9-4-5-10-18(17)31-19)26-21(30)15-33-24-28-27-23(20-11-6-12-32-20)29(24)14-16-7-2-1-3-8-16/h1-12H,14-15H2,(H,26,30). The lowest BCUT2D eigenvalue weighted by molar-refractivity contribution is -0.113. The van der Waals surface area contributed by atoms with Crippen LogP contribution in [0.2, 0.25) is 0 Å². The summed E-state index contributed by atoms with van der Waals surface area (Å²) in [4.78, 5) is 13.8. The molecule has 0 aliphatic rings. The number of carbonyl (C=O) groups excluding carboxylic acids is 1. The van der Waals surface area contributed by atoms with Gasteiger partial charge in [-0.2, -0.15) is 5.26 Å². The van der Waals surface area contributed by atoms with Crippen molar-refractivity contribution in [2.45, 2.75) is 11.7 Å². The second kappa shape index (κ2) is 9.32. The maximum Gasteiger partial charge on any atom is 0.234 e. The van der Waals surface area contributed by atoms with E-state index in [0.717, 1.165) is 16.3 Å². The second-order valence-electron chi connectivity index (χ2n) is 7.11. The van der Waals surface area contributed by atoms with E-state index in [9.17, 15) is 10.1 Å². The third-order valence-electron chi connectivity index (χ3n) is 4.94. The van der Waals surface area contributed by atoms with Gasteiger partial charge in [0, 0.05) is 5.39 Å². The number of benzene rings is 2. The highest BCUT2D eigenvalue weighted by atomic mass is 32.2. The average molecular weight is 472 g/mol. The van der Waals surface area contributed by atoms with Crippen LogP contribution < -0.4 is 5.32 Å². The van der Waals surface area contributed by atoms with E-state index in [4.69, 9.17) is 4.42 Å². The maximum absolute atomic E-state index is 12.8. The quantitative estimate of drug-likeness (QED) is 0.319. The zero-order valence-electron chi connectivity index (χ0n) is 17.3. The van der Waals surface area contributed by atoms with Crippen molar-refractivity contribution >= 4 is 45.7 Å². The first kappa shape index (κ1) is 21.0. The molecule has 5 rings (SSSR count). The molecule has 7 nitrogen and oxygen atoms in total. The Hall–Kier alpha value is -3.87. The van der Waals surface area contributed by atoms with Gasteiger partial charge in [-0.1, -0.05) is 60.3 Å². The third kappa shape index (κ3) is 4.39. The summed E-state index contributed by atoms with van der Waals surface area (Å²) in [5.74, 6) is 0.711. The molecule has 9 heteroatoms. The van der Waals surface area contributed by atoms with Crippen LogP contribution in [-0.2, 0) is 11.3 Å². The highest BCUT2D eigenvalue weighted by Crippen LogP contribution is 2.31. The first-order valence-electron chi connectivity index (χ1n) is 10.1.